The van der Waals surface area contributed by atoms with E-state index in [1.807, 2.05) is 0 Å². The van der Waals surface area contributed by atoms with Gasteiger partial charge in [-0.25, -0.2) is 0 Å². The number of carbonyl (C=O) groups is 1. The Balaban J connectivity index is 2.40. The van der Waals surface area contributed by atoms with Gasteiger partial charge in [0.1, 0.15) is 0 Å². The number of rotatable bonds is 3. The van der Waals surface area contributed by atoms with E-state index in [-0.39, 0.29) is 6.67 Å². The van der Waals surface area contributed by atoms with Gasteiger partial charge in [-0.05, 0) is 19.9 Å². The number of hydrogen-bond acceptors (Lipinski definition) is 3. The summed E-state index contributed by atoms with van der Waals surface area (Å²) in [6, 6.07) is 0. The van der Waals surface area contributed by atoms with E-state index in [0.717, 1.165) is 0 Å². The number of alkyl halides is 3. The van der Waals surface area contributed by atoms with Gasteiger partial charge in [0.2, 0.25) is 5.91 Å². The average molecular weight is 226 g/mol. The lowest BCUT2D eigenvalue weighted by Gasteiger charge is -2.43. The molecule has 1 amide bonds. The summed E-state index contributed by atoms with van der Waals surface area (Å²) in [5.41, 5.74) is -2.67. The van der Waals surface area contributed by atoms with Crippen LogP contribution in [0.3, 0.4) is 0 Å². The molecule has 0 aromatic heterocycles. The van der Waals surface area contributed by atoms with Gasteiger partial charge in [0.05, 0.1) is 6.67 Å². The average Bonchev–Trinajstić information content (AvgIpc) is 2.06. The lowest BCUT2D eigenvalue weighted by molar-refractivity contribution is -0.296. The van der Waals surface area contributed by atoms with Crippen molar-refractivity contribution in [1.82, 2.24) is 10.6 Å². The van der Waals surface area contributed by atoms with Crippen LogP contribution in [-0.4, -0.2) is 36.5 Å². The predicted octanol–water partition coefficient (Wildman–Crippen LogP) is -0.0171. The summed E-state index contributed by atoms with van der Waals surface area (Å²) in [6.07, 6.45) is -5.75. The van der Waals surface area contributed by atoms with E-state index < -0.39 is 36.4 Å². The van der Waals surface area contributed by atoms with Crippen molar-refractivity contribution in [2.75, 3.05) is 13.7 Å². The first-order valence-electron chi connectivity index (χ1n) is 4.51. The number of carbonyl (C=O) groups excluding carboxylic acids is 1. The Labute approximate surface area is 84.8 Å². The van der Waals surface area contributed by atoms with E-state index in [1.165, 1.54) is 0 Å². The number of aliphatic hydroxyl groups is 1. The minimum Gasteiger partial charge on any atom is -0.380 e. The fourth-order valence-corrected chi connectivity index (χ4v) is 1.49. The van der Waals surface area contributed by atoms with Crippen molar-refractivity contribution < 1.29 is 23.1 Å². The number of halogens is 3. The quantitative estimate of drug-likeness (QED) is 0.593. The fourth-order valence-electron chi connectivity index (χ4n) is 1.49. The summed E-state index contributed by atoms with van der Waals surface area (Å²) in [5.74, 6) is -1.21. The normalized spacial score (nSPS) is 30.9. The molecule has 0 aromatic carbocycles. The minimum absolute atomic E-state index is 0.208. The van der Waals surface area contributed by atoms with Crippen LogP contribution in [0.15, 0.2) is 0 Å². The molecule has 0 heterocycles. The van der Waals surface area contributed by atoms with Crippen molar-refractivity contribution in [3.05, 3.63) is 0 Å². The molecule has 1 aliphatic rings. The third-order valence-electron chi connectivity index (χ3n) is 2.51. The zero-order chi connectivity index (χ0) is 11.7. The summed E-state index contributed by atoms with van der Waals surface area (Å²) < 4.78 is 36.5. The van der Waals surface area contributed by atoms with Crippen LogP contribution in [0.5, 0.6) is 0 Å². The highest BCUT2D eigenvalue weighted by Gasteiger charge is 2.62. The smallest absolute Gasteiger partial charge is 0.380 e. The minimum atomic E-state index is -4.65. The van der Waals surface area contributed by atoms with Crippen LogP contribution in [0.2, 0.25) is 0 Å². The van der Waals surface area contributed by atoms with Gasteiger partial charge in [0.25, 0.3) is 0 Å². The molecule has 0 aromatic rings. The summed E-state index contributed by atoms with van der Waals surface area (Å²) in [7, 11) is 1.60. The molecule has 88 valence electrons. The lowest BCUT2D eigenvalue weighted by Crippen LogP contribution is -2.58. The molecule has 15 heavy (non-hydrogen) atoms. The van der Waals surface area contributed by atoms with Crippen molar-refractivity contribution >= 4 is 5.91 Å². The van der Waals surface area contributed by atoms with Gasteiger partial charge in [0.15, 0.2) is 5.60 Å². The molecule has 0 bridgehead atoms. The van der Waals surface area contributed by atoms with Crippen molar-refractivity contribution in [3.8, 4) is 0 Å². The molecule has 0 spiro atoms. The predicted molar refractivity (Wildman–Crippen MR) is 45.8 cm³/mol. The Morgan fingerprint density at radius 2 is 2.07 bits per heavy atom. The van der Waals surface area contributed by atoms with E-state index in [1.54, 1.807) is 7.05 Å². The number of nitrogens with one attached hydrogen (secondary N) is 2. The van der Waals surface area contributed by atoms with Gasteiger partial charge in [-0.3, -0.25) is 4.79 Å². The van der Waals surface area contributed by atoms with Gasteiger partial charge in [0, 0.05) is 5.92 Å². The first-order chi connectivity index (χ1) is 6.80. The Hall–Kier alpha value is -0.820. The summed E-state index contributed by atoms with van der Waals surface area (Å²) in [4.78, 5) is 11.2. The molecule has 7 heteroatoms. The van der Waals surface area contributed by atoms with Gasteiger partial charge in [-0.2, -0.15) is 13.2 Å². The summed E-state index contributed by atoms with van der Waals surface area (Å²) in [6.45, 7) is 0.208. The molecule has 1 saturated carbocycles. The second-order valence-corrected chi connectivity index (χ2v) is 3.71. The van der Waals surface area contributed by atoms with E-state index in [0.29, 0.717) is 0 Å². The highest BCUT2D eigenvalue weighted by molar-refractivity contribution is 5.79. The zero-order valence-electron chi connectivity index (χ0n) is 8.19. The Kier molecular flexibility index (Phi) is 3.25. The summed E-state index contributed by atoms with van der Waals surface area (Å²) in [5, 5.41) is 14.1. The SMILES string of the molecule is CNCNC(=O)C1CC(O)(C(F)(F)F)C1. The second-order valence-electron chi connectivity index (χ2n) is 3.71. The van der Waals surface area contributed by atoms with Gasteiger partial charge in [-0.15, -0.1) is 0 Å². The molecule has 3 N–H and O–H groups in total. The third-order valence-corrected chi connectivity index (χ3v) is 2.51. The van der Waals surface area contributed by atoms with Gasteiger partial charge in [-0.1, -0.05) is 0 Å². The lowest BCUT2D eigenvalue weighted by atomic mass is 9.70. The second kappa shape index (κ2) is 3.97. The van der Waals surface area contributed by atoms with Crippen LogP contribution >= 0.6 is 0 Å². The van der Waals surface area contributed by atoms with E-state index >= 15 is 0 Å². The maximum atomic E-state index is 12.2. The molecule has 0 aliphatic heterocycles. The van der Waals surface area contributed by atoms with Crippen molar-refractivity contribution in [2.45, 2.75) is 24.6 Å². The van der Waals surface area contributed by atoms with Crippen molar-refractivity contribution in [2.24, 2.45) is 5.92 Å². The molecule has 0 unspecified atom stereocenters. The van der Waals surface area contributed by atoms with Crippen LogP contribution in [-0.2, 0) is 4.79 Å². The maximum absolute atomic E-state index is 12.2. The molecule has 1 rings (SSSR count). The molecule has 0 atom stereocenters. The fraction of sp³-hybridized carbons (Fsp3) is 0.875. The monoisotopic (exact) mass is 226 g/mol. The van der Waals surface area contributed by atoms with Gasteiger partial charge >= 0.3 is 6.18 Å². The zero-order valence-corrected chi connectivity index (χ0v) is 8.19. The van der Waals surface area contributed by atoms with E-state index in [2.05, 4.69) is 10.6 Å². The molecule has 4 nitrogen and oxygen atoms in total. The highest BCUT2D eigenvalue weighted by Crippen LogP contribution is 2.48. The maximum Gasteiger partial charge on any atom is 0.417 e. The van der Waals surface area contributed by atoms with Crippen LogP contribution < -0.4 is 10.6 Å². The summed E-state index contributed by atoms with van der Waals surface area (Å²) >= 11 is 0. The first-order valence-corrected chi connectivity index (χ1v) is 4.51. The Morgan fingerprint density at radius 1 is 1.53 bits per heavy atom. The van der Waals surface area contributed by atoms with Crippen LogP contribution in [0, 0.1) is 5.92 Å². The Morgan fingerprint density at radius 3 is 2.47 bits per heavy atom. The third kappa shape index (κ3) is 2.40. The molecule has 1 fully saturated rings. The molecular formula is C8H13F3N2O2. The number of amides is 1. The molecule has 1 aliphatic carbocycles. The number of hydrogen-bond donors (Lipinski definition) is 3. The topological polar surface area (TPSA) is 61.4 Å². The standard InChI is InChI=1S/C8H13F3N2O2/c1-12-4-13-6(14)5-2-7(15,3-5)8(9,10)11/h5,12,15H,2-4H2,1H3,(H,13,14). The van der Waals surface area contributed by atoms with E-state index in [4.69, 9.17) is 5.11 Å². The largest absolute Gasteiger partial charge is 0.417 e. The highest BCUT2D eigenvalue weighted by atomic mass is 19.4. The van der Waals surface area contributed by atoms with Crippen LogP contribution in [0.1, 0.15) is 12.8 Å². The molecule has 0 radical (unpaired) electrons. The first kappa shape index (κ1) is 12.3. The van der Waals surface area contributed by atoms with Gasteiger partial charge < -0.3 is 15.7 Å². The van der Waals surface area contributed by atoms with Crippen molar-refractivity contribution in [3.63, 3.8) is 0 Å². The molecule has 0 saturated heterocycles. The van der Waals surface area contributed by atoms with E-state index in [9.17, 15) is 18.0 Å². The van der Waals surface area contributed by atoms with Crippen LogP contribution in [0.4, 0.5) is 13.2 Å². The molecular weight excluding hydrogens is 213 g/mol. The van der Waals surface area contributed by atoms with Crippen LogP contribution in [0.25, 0.3) is 0 Å². The van der Waals surface area contributed by atoms with Crippen molar-refractivity contribution in [1.29, 1.82) is 0 Å². The Bertz CT molecular complexity index is 249.